The number of halogens is 2. The van der Waals surface area contributed by atoms with E-state index in [1.54, 1.807) is 12.1 Å². The van der Waals surface area contributed by atoms with Crippen LogP contribution in [0.1, 0.15) is 52.0 Å². The van der Waals surface area contributed by atoms with E-state index in [4.69, 9.17) is 0 Å². The summed E-state index contributed by atoms with van der Waals surface area (Å²) < 4.78 is -0.316. The van der Waals surface area contributed by atoms with Crippen LogP contribution < -0.4 is 0 Å². The van der Waals surface area contributed by atoms with Gasteiger partial charge in [0.05, 0.1) is 0 Å². The molecule has 1 aromatic carbocycles. The molecule has 0 aromatic heterocycles. The van der Waals surface area contributed by atoms with Crippen molar-refractivity contribution in [3.8, 4) is 5.75 Å². The van der Waals surface area contributed by atoms with Crippen LogP contribution in [-0.4, -0.2) is 31.7 Å². The topological polar surface area (TPSA) is 40.5 Å². The molecule has 1 amide bonds. The molecule has 0 bridgehead atoms. The quantitative estimate of drug-likeness (QED) is 0.436. The van der Waals surface area contributed by atoms with Crippen LogP contribution in [0.4, 0.5) is 0 Å². The van der Waals surface area contributed by atoms with Crippen molar-refractivity contribution >= 4 is 37.8 Å². The molecule has 0 saturated heterocycles. The van der Waals surface area contributed by atoms with E-state index < -0.39 is 0 Å². The van der Waals surface area contributed by atoms with Crippen LogP contribution in [0.5, 0.6) is 5.75 Å². The van der Waals surface area contributed by atoms with Gasteiger partial charge in [0.15, 0.2) is 0 Å². The first-order chi connectivity index (χ1) is 10.7. The fraction of sp³-hybridized carbons (Fsp3) is 0.611. The summed E-state index contributed by atoms with van der Waals surface area (Å²) in [5.74, 6) is 0.402. The third-order valence-corrected chi connectivity index (χ3v) is 4.58. The summed E-state index contributed by atoms with van der Waals surface area (Å²) in [5.41, 5.74) is 1.10. The molecule has 0 radical (unpaired) electrons. The van der Waals surface area contributed by atoms with Gasteiger partial charge in [0.1, 0.15) is 9.49 Å². The predicted molar refractivity (Wildman–Crippen MR) is 103 cm³/mol. The molecule has 1 rings (SSSR count). The molecule has 0 unspecified atom stereocenters. The van der Waals surface area contributed by atoms with Crippen LogP contribution in [0.2, 0.25) is 0 Å². The normalized spacial score (nSPS) is 11.7. The maximum atomic E-state index is 12.2. The Bertz CT molecular complexity index is 481. The zero-order chi connectivity index (χ0) is 17.5. The SMILES string of the molecule is CC(C)(C)N(CCCCCCc1ccc(O)cc1)C(=O)C(Br)Br. The highest BCUT2D eigenvalue weighted by Gasteiger charge is 2.28. The summed E-state index contributed by atoms with van der Waals surface area (Å²) >= 11 is 6.61. The smallest absolute Gasteiger partial charge is 0.247 e. The number of rotatable bonds is 8. The third-order valence-electron chi connectivity index (χ3n) is 3.80. The Morgan fingerprint density at radius 2 is 1.65 bits per heavy atom. The minimum atomic E-state index is -0.316. The van der Waals surface area contributed by atoms with Gasteiger partial charge in [0.2, 0.25) is 5.91 Å². The molecule has 0 aliphatic heterocycles. The number of aromatic hydroxyl groups is 1. The Morgan fingerprint density at radius 1 is 1.09 bits per heavy atom. The van der Waals surface area contributed by atoms with E-state index in [9.17, 15) is 9.90 Å². The second-order valence-electron chi connectivity index (χ2n) is 6.79. The molecule has 0 heterocycles. The van der Waals surface area contributed by atoms with Crippen LogP contribution >= 0.6 is 31.9 Å². The first-order valence-electron chi connectivity index (χ1n) is 8.09. The Hall–Kier alpha value is -0.550. The number of hydrogen-bond donors (Lipinski definition) is 1. The van der Waals surface area contributed by atoms with Gasteiger partial charge in [-0.3, -0.25) is 4.79 Å². The average Bonchev–Trinajstić information content (AvgIpc) is 2.46. The highest BCUT2D eigenvalue weighted by atomic mass is 79.9. The number of alkyl halides is 2. The molecular weight excluding hydrogens is 422 g/mol. The zero-order valence-corrected chi connectivity index (χ0v) is 17.4. The number of phenolic OH excluding ortho intramolecular Hbond substituents is 1. The van der Waals surface area contributed by atoms with Crippen LogP contribution in [-0.2, 0) is 11.2 Å². The first-order valence-corrected chi connectivity index (χ1v) is 9.92. The average molecular weight is 449 g/mol. The van der Waals surface area contributed by atoms with Crippen molar-refractivity contribution in [3.63, 3.8) is 0 Å². The molecule has 0 spiro atoms. The van der Waals surface area contributed by atoms with Gasteiger partial charge in [-0.2, -0.15) is 0 Å². The number of carbonyl (C=O) groups is 1. The van der Waals surface area contributed by atoms with Gasteiger partial charge in [-0.05, 0) is 57.7 Å². The molecule has 1 N–H and O–H groups in total. The molecule has 130 valence electrons. The van der Waals surface area contributed by atoms with Crippen molar-refractivity contribution in [1.29, 1.82) is 0 Å². The third kappa shape index (κ3) is 7.71. The van der Waals surface area contributed by atoms with Crippen molar-refractivity contribution in [1.82, 2.24) is 4.90 Å². The number of carbonyl (C=O) groups excluding carboxylic acids is 1. The summed E-state index contributed by atoms with van der Waals surface area (Å²) in [6, 6.07) is 7.42. The van der Waals surface area contributed by atoms with Gasteiger partial charge in [0, 0.05) is 12.1 Å². The van der Waals surface area contributed by atoms with E-state index in [1.807, 2.05) is 17.0 Å². The monoisotopic (exact) mass is 447 g/mol. The van der Waals surface area contributed by atoms with Crippen LogP contribution in [0.15, 0.2) is 24.3 Å². The van der Waals surface area contributed by atoms with Gasteiger partial charge in [0.25, 0.3) is 0 Å². The maximum absolute atomic E-state index is 12.2. The molecule has 0 atom stereocenters. The summed E-state index contributed by atoms with van der Waals surface area (Å²) in [4.78, 5) is 14.2. The summed E-state index contributed by atoms with van der Waals surface area (Å²) in [6.07, 6.45) is 5.46. The Kier molecular flexibility index (Phi) is 8.62. The molecule has 3 nitrogen and oxygen atoms in total. The lowest BCUT2D eigenvalue weighted by molar-refractivity contribution is -0.133. The Morgan fingerprint density at radius 3 is 2.17 bits per heavy atom. The van der Waals surface area contributed by atoms with Gasteiger partial charge in [-0.1, -0.05) is 56.8 Å². The molecule has 0 aliphatic rings. The van der Waals surface area contributed by atoms with Crippen molar-refractivity contribution in [2.75, 3.05) is 6.54 Å². The summed E-state index contributed by atoms with van der Waals surface area (Å²) in [5, 5.41) is 9.26. The summed E-state index contributed by atoms with van der Waals surface area (Å²) in [6.45, 7) is 6.99. The highest BCUT2D eigenvalue weighted by Crippen LogP contribution is 2.21. The van der Waals surface area contributed by atoms with E-state index in [0.29, 0.717) is 5.75 Å². The van der Waals surface area contributed by atoms with E-state index in [-0.39, 0.29) is 15.2 Å². The lowest BCUT2D eigenvalue weighted by atomic mass is 10.0. The van der Waals surface area contributed by atoms with Gasteiger partial charge >= 0.3 is 0 Å². The molecule has 1 aromatic rings. The Labute approximate surface area is 156 Å². The van der Waals surface area contributed by atoms with Gasteiger partial charge in [-0.25, -0.2) is 0 Å². The second kappa shape index (κ2) is 9.67. The van der Waals surface area contributed by atoms with Crippen molar-refractivity contribution in [2.24, 2.45) is 0 Å². The molecule has 0 fully saturated rings. The van der Waals surface area contributed by atoms with E-state index >= 15 is 0 Å². The van der Waals surface area contributed by atoms with Crippen LogP contribution in [0, 0.1) is 0 Å². The largest absolute Gasteiger partial charge is 0.508 e. The van der Waals surface area contributed by atoms with E-state index in [2.05, 4.69) is 52.6 Å². The van der Waals surface area contributed by atoms with Gasteiger partial charge in [-0.15, -0.1) is 0 Å². The second-order valence-corrected chi connectivity index (χ2v) is 9.85. The lowest BCUT2D eigenvalue weighted by Crippen LogP contribution is -2.48. The molecular formula is C18H27Br2NO2. The minimum absolute atomic E-state index is 0.0848. The fourth-order valence-electron chi connectivity index (χ4n) is 2.51. The standard InChI is InChI=1S/C18H27Br2NO2/c1-18(2,3)21(17(23)16(19)20)13-7-5-4-6-8-14-9-11-15(22)12-10-14/h9-12,16,22H,4-8,13H2,1-3H3. The van der Waals surface area contributed by atoms with Gasteiger partial charge < -0.3 is 10.0 Å². The zero-order valence-electron chi connectivity index (χ0n) is 14.2. The van der Waals surface area contributed by atoms with Crippen molar-refractivity contribution < 1.29 is 9.90 Å². The predicted octanol–water partition coefficient (Wildman–Crippen LogP) is 5.24. The fourth-order valence-corrected chi connectivity index (χ4v) is 3.00. The van der Waals surface area contributed by atoms with Crippen LogP contribution in [0.3, 0.4) is 0 Å². The number of phenols is 1. The first kappa shape index (κ1) is 20.5. The number of benzene rings is 1. The highest BCUT2D eigenvalue weighted by molar-refractivity contribution is 9.25. The van der Waals surface area contributed by atoms with Crippen LogP contribution in [0.25, 0.3) is 0 Å². The number of amides is 1. The number of aryl methyl sites for hydroxylation is 1. The Balaban J connectivity index is 2.29. The summed E-state index contributed by atoms with van der Waals surface area (Å²) in [7, 11) is 0. The van der Waals surface area contributed by atoms with E-state index in [1.165, 1.54) is 5.56 Å². The molecule has 23 heavy (non-hydrogen) atoms. The number of nitrogens with zero attached hydrogens (tertiary/aromatic N) is 1. The minimum Gasteiger partial charge on any atom is -0.508 e. The molecule has 0 aliphatic carbocycles. The molecule has 5 heteroatoms. The number of unbranched alkanes of at least 4 members (excludes halogenated alkanes) is 3. The lowest BCUT2D eigenvalue weighted by Gasteiger charge is -2.36. The molecule has 0 saturated carbocycles. The van der Waals surface area contributed by atoms with Crippen molar-refractivity contribution in [2.45, 2.75) is 62.2 Å². The maximum Gasteiger partial charge on any atom is 0.247 e. The van der Waals surface area contributed by atoms with Crippen molar-refractivity contribution in [3.05, 3.63) is 29.8 Å². The van der Waals surface area contributed by atoms with E-state index in [0.717, 1.165) is 38.6 Å². The number of hydrogen-bond acceptors (Lipinski definition) is 2.